The standard InChI is InChI=1S/C19H19ClN2O2/c1-4-14-5-10-18(20)17(11-14)19(22-13(3)23)21-12(2)15-6-8-16(24)9-7-15/h5-11,24H,2,4H2,1,3H3,(H,21,22,23). The molecule has 0 saturated heterocycles. The number of nitrogens with zero attached hydrogens (tertiary/aromatic N) is 1. The Labute approximate surface area is 146 Å². The maximum atomic E-state index is 11.6. The number of aryl methyl sites for hydroxylation is 1. The van der Waals surface area contributed by atoms with Gasteiger partial charge in [0.05, 0.1) is 10.7 Å². The molecule has 0 atom stereocenters. The third-order valence-corrected chi connectivity index (χ3v) is 3.77. The van der Waals surface area contributed by atoms with Crippen LogP contribution in [0, 0.1) is 0 Å². The number of hydrogen-bond acceptors (Lipinski definition) is 3. The van der Waals surface area contributed by atoms with Crippen LogP contribution in [-0.4, -0.2) is 16.8 Å². The minimum Gasteiger partial charge on any atom is -0.508 e. The molecule has 0 fully saturated rings. The topological polar surface area (TPSA) is 61.7 Å². The van der Waals surface area contributed by atoms with Crippen molar-refractivity contribution in [1.82, 2.24) is 5.32 Å². The summed E-state index contributed by atoms with van der Waals surface area (Å²) in [5.41, 5.74) is 2.92. The molecule has 5 heteroatoms. The molecule has 124 valence electrons. The van der Waals surface area contributed by atoms with Gasteiger partial charge in [0.1, 0.15) is 11.6 Å². The number of halogens is 1. The highest BCUT2D eigenvalue weighted by molar-refractivity contribution is 6.34. The van der Waals surface area contributed by atoms with Gasteiger partial charge in [0.25, 0.3) is 0 Å². The molecule has 24 heavy (non-hydrogen) atoms. The summed E-state index contributed by atoms with van der Waals surface area (Å²) < 4.78 is 0. The minimum atomic E-state index is -0.245. The zero-order valence-corrected chi connectivity index (χ0v) is 14.4. The van der Waals surface area contributed by atoms with Crippen LogP contribution in [0.3, 0.4) is 0 Å². The largest absolute Gasteiger partial charge is 0.508 e. The molecule has 0 aliphatic heterocycles. The fraction of sp³-hybridized carbons (Fsp3) is 0.158. The quantitative estimate of drug-likeness (QED) is 0.647. The van der Waals surface area contributed by atoms with E-state index < -0.39 is 0 Å². The molecular formula is C19H19ClN2O2. The van der Waals surface area contributed by atoms with Gasteiger partial charge in [-0.1, -0.05) is 31.2 Å². The molecule has 2 aromatic rings. The van der Waals surface area contributed by atoms with Gasteiger partial charge in [0, 0.05) is 12.5 Å². The molecule has 0 bridgehead atoms. The van der Waals surface area contributed by atoms with E-state index in [1.165, 1.54) is 6.92 Å². The van der Waals surface area contributed by atoms with E-state index in [9.17, 15) is 9.90 Å². The molecule has 2 aromatic carbocycles. The lowest BCUT2D eigenvalue weighted by Crippen LogP contribution is -2.29. The summed E-state index contributed by atoms with van der Waals surface area (Å²) in [5, 5.41) is 12.6. The van der Waals surface area contributed by atoms with Gasteiger partial charge in [0.15, 0.2) is 0 Å². The number of phenols is 1. The average Bonchev–Trinajstić information content (AvgIpc) is 2.55. The Morgan fingerprint density at radius 3 is 2.50 bits per heavy atom. The number of nitrogens with one attached hydrogen (secondary N) is 1. The van der Waals surface area contributed by atoms with Crippen molar-refractivity contribution in [3.63, 3.8) is 0 Å². The second-order valence-corrected chi connectivity index (χ2v) is 5.71. The van der Waals surface area contributed by atoms with Crippen molar-refractivity contribution in [2.45, 2.75) is 20.3 Å². The van der Waals surface area contributed by atoms with Crippen molar-refractivity contribution >= 4 is 29.0 Å². The van der Waals surface area contributed by atoms with E-state index in [4.69, 9.17) is 11.6 Å². The maximum Gasteiger partial charge on any atom is 0.222 e. The predicted molar refractivity (Wildman–Crippen MR) is 98.3 cm³/mol. The monoisotopic (exact) mass is 342 g/mol. The fourth-order valence-electron chi connectivity index (χ4n) is 2.15. The summed E-state index contributed by atoms with van der Waals surface area (Å²) in [4.78, 5) is 16.0. The highest BCUT2D eigenvalue weighted by Gasteiger charge is 2.12. The first-order chi connectivity index (χ1) is 11.4. The molecular weight excluding hydrogens is 324 g/mol. The van der Waals surface area contributed by atoms with E-state index in [0.29, 0.717) is 22.1 Å². The second-order valence-electron chi connectivity index (χ2n) is 5.30. The number of aromatic hydroxyl groups is 1. The number of carbonyl (C=O) groups excluding carboxylic acids is 1. The first kappa shape index (κ1) is 17.8. The van der Waals surface area contributed by atoms with Gasteiger partial charge < -0.3 is 10.4 Å². The van der Waals surface area contributed by atoms with Crippen LogP contribution in [0.4, 0.5) is 0 Å². The normalized spacial score (nSPS) is 11.2. The molecule has 4 nitrogen and oxygen atoms in total. The van der Waals surface area contributed by atoms with Gasteiger partial charge >= 0.3 is 0 Å². The Balaban J connectivity index is 2.46. The molecule has 0 aliphatic rings. The fourth-order valence-corrected chi connectivity index (χ4v) is 2.36. The SMILES string of the molecule is C=C(/N=C(\NC(C)=O)c1cc(CC)ccc1Cl)c1ccc(O)cc1. The number of amidine groups is 1. The summed E-state index contributed by atoms with van der Waals surface area (Å²) >= 11 is 6.29. The molecule has 2 rings (SSSR count). The molecule has 0 heterocycles. The number of amides is 1. The van der Waals surface area contributed by atoms with Gasteiger partial charge in [0.2, 0.25) is 5.91 Å². The Bertz CT molecular complexity index is 796. The van der Waals surface area contributed by atoms with E-state index in [1.54, 1.807) is 30.3 Å². The van der Waals surface area contributed by atoms with Crippen molar-refractivity contribution < 1.29 is 9.90 Å². The molecule has 0 spiro atoms. The zero-order valence-electron chi connectivity index (χ0n) is 13.6. The number of aliphatic imine (C=N–C) groups is 1. The van der Waals surface area contributed by atoms with Crippen LogP contribution in [0.2, 0.25) is 5.02 Å². The van der Waals surface area contributed by atoms with E-state index in [0.717, 1.165) is 17.5 Å². The molecule has 0 aliphatic carbocycles. The van der Waals surface area contributed by atoms with Crippen molar-refractivity contribution in [2.75, 3.05) is 0 Å². The maximum absolute atomic E-state index is 11.6. The summed E-state index contributed by atoms with van der Waals surface area (Å²) in [6.45, 7) is 7.39. The summed E-state index contributed by atoms with van der Waals surface area (Å²) in [6, 6.07) is 12.1. The van der Waals surface area contributed by atoms with Crippen LogP contribution in [-0.2, 0) is 11.2 Å². The molecule has 0 radical (unpaired) electrons. The summed E-state index contributed by atoms with van der Waals surface area (Å²) in [5.74, 6) is 0.266. The van der Waals surface area contributed by atoms with Gasteiger partial charge in [-0.15, -0.1) is 0 Å². The van der Waals surface area contributed by atoms with Crippen LogP contribution in [0.15, 0.2) is 54.0 Å². The Morgan fingerprint density at radius 1 is 1.25 bits per heavy atom. The van der Waals surface area contributed by atoms with Gasteiger partial charge in [-0.25, -0.2) is 4.99 Å². The van der Waals surface area contributed by atoms with E-state index in [1.807, 2.05) is 19.1 Å². The zero-order chi connectivity index (χ0) is 17.7. The van der Waals surface area contributed by atoms with Crippen LogP contribution < -0.4 is 5.32 Å². The third kappa shape index (κ3) is 4.46. The van der Waals surface area contributed by atoms with Crippen molar-refractivity contribution in [3.05, 3.63) is 70.8 Å². The first-order valence-electron chi connectivity index (χ1n) is 7.54. The van der Waals surface area contributed by atoms with Crippen LogP contribution in [0.25, 0.3) is 5.70 Å². The number of hydrogen-bond donors (Lipinski definition) is 2. The Morgan fingerprint density at radius 2 is 1.92 bits per heavy atom. The number of rotatable bonds is 4. The summed E-state index contributed by atoms with van der Waals surface area (Å²) in [7, 11) is 0. The Hall–Kier alpha value is -2.59. The first-order valence-corrected chi connectivity index (χ1v) is 7.92. The molecule has 0 saturated carbocycles. The molecule has 0 aromatic heterocycles. The smallest absolute Gasteiger partial charge is 0.222 e. The molecule has 0 unspecified atom stereocenters. The van der Waals surface area contributed by atoms with Crippen LogP contribution in [0.5, 0.6) is 5.75 Å². The predicted octanol–water partition coefficient (Wildman–Crippen LogP) is 4.16. The van der Waals surface area contributed by atoms with Crippen LogP contribution >= 0.6 is 11.6 Å². The van der Waals surface area contributed by atoms with Crippen molar-refractivity contribution in [1.29, 1.82) is 0 Å². The van der Waals surface area contributed by atoms with Crippen molar-refractivity contribution in [3.8, 4) is 5.75 Å². The molecule has 2 N–H and O–H groups in total. The number of benzene rings is 2. The average molecular weight is 343 g/mol. The third-order valence-electron chi connectivity index (χ3n) is 3.44. The lowest BCUT2D eigenvalue weighted by atomic mass is 10.1. The van der Waals surface area contributed by atoms with Crippen molar-refractivity contribution in [2.24, 2.45) is 4.99 Å². The lowest BCUT2D eigenvalue weighted by Gasteiger charge is -2.12. The van der Waals surface area contributed by atoms with Crippen LogP contribution in [0.1, 0.15) is 30.5 Å². The van der Waals surface area contributed by atoms with E-state index in [2.05, 4.69) is 16.9 Å². The number of carbonyl (C=O) groups is 1. The van der Waals surface area contributed by atoms with Gasteiger partial charge in [-0.05, 0) is 53.9 Å². The second kappa shape index (κ2) is 7.79. The Kier molecular flexibility index (Phi) is 5.77. The van der Waals surface area contributed by atoms with E-state index >= 15 is 0 Å². The molecule has 1 amide bonds. The lowest BCUT2D eigenvalue weighted by molar-refractivity contribution is -0.117. The van der Waals surface area contributed by atoms with E-state index in [-0.39, 0.29) is 11.7 Å². The number of phenolic OH excluding ortho intramolecular Hbond substituents is 1. The highest BCUT2D eigenvalue weighted by Crippen LogP contribution is 2.22. The van der Waals surface area contributed by atoms with Gasteiger partial charge in [-0.3, -0.25) is 4.79 Å². The van der Waals surface area contributed by atoms with Gasteiger partial charge in [-0.2, -0.15) is 0 Å². The highest BCUT2D eigenvalue weighted by atomic mass is 35.5. The minimum absolute atomic E-state index is 0.163. The summed E-state index contributed by atoms with van der Waals surface area (Å²) in [6.07, 6.45) is 0.844.